The predicted molar refractivity (Wildman–Crippen MR) is 497 cm³/mol. The van der Waals surface area contributed by atoms with Gasteiger partial charge in [0.15, 0.2) is 0 Å². The van der Waals surface area contributed by atoms with Gasteiger partial charge in [-0.15, -0.1) is 0 Å². The molecule has 20 aromatic carbocycles. The highest BCUT2D eigenvalue weighted by atomic mass is 16.3. The van der Waals surface area contributed by atoms with Crippen LogP contribution in [0.15, 0.2) is 458 Å². The quantitative estimate of drug-likeness (QED) is 0.0905. The molecule has 22 aromatic rings. The number of para-hydroxylation sites is 5. The number of fused-ring (bicyclic) bond motifs is 14. The lowest BCUT2D eigenvalue weighted by atomic mass is 9.93. The van der Waals surface area contributed by atoms with E-state index >= 15 is 0 Å². The molecular weight excluding hydrogens is 1430 g/mol. The van der Waals surface area contributed by atoms with Crippen LogP contribution < -0.4 is 19.6 Å². The van der Waals surface area contributed by atoms with E-state index in [1.165, 1.54) is 0 Å². The van der Waals surface area contributed by atoms with Crippen LogP contribution in [0.5, 0.6) is 0 Å². The fourth-order valence-corrected chi connectivity index (χ4v) is 18.0. The second kappa shape index (κ2) is 29.3. The summed E-state index contributed by atoms with van der Waals surface area (Å²) in [5.74, 6) is 0. The molecule has 22 rings (SSSR count). The Morgan fingerprint density at radius 3 is 0.814 bits per heavy atom. The molecule has 118 heavy (non-hydrogen) atoms. The van der Waals surface area contributed by atoms with Gasteiger partial charge in [0, 0.05) is 110 Å². The largest absolute Gasteiger partial charge is 0.455 e. The lowest BCUT2D eigenvalue weighted by Crippen LogP contribution is -2.12. The van der Waals surface area contributed by atoms with Crippen molar-refractivity contribution in [1.82, 2.24) is 0 Å². The fourth-order valence-electron chi connectivity index (χ4n) is 18.0. The molecule has 0 spiro atoms. The Labute approximate surface area is 683 Å². The summed E-state index contributed by atoms with van der Waals surface area (Å²) in [5.41, 5.74) is 26.6. The van der Waals surface area contributed by atoms with Crippen molar-refractivity contribution in [3.05, 3.63) is 449 Å². The van der Waals surface area contributed by atoms with Crippen molar-refractivity contribution in [2.75, 3.05) is 19.6 Å². The first-order valence-corrected chi connectivity index (χ1v) is 40.3. The van der Waals surface area contributed by atoms with Gasteiger partial charge in [-0.2, -0.15) is 0 Å². The number of nitrogens with zero attached hydrogens (tertiary/aromatic N) is 4. The molecular formula is C112H74N4O2. The zero-order chi connectivity index (χ0) is 78.0. The molecule has 0 fully saturated rings. The summed E-state index contributed by atoms with van der Waals surface area (Å²) < 4.78 is 15.2. The van der Waals surface area contributed by atoms with Crippen molar-refractivity contribution in [1.29, 1.82) is 0 Å². The average Bonchev–Trinajstić information content (AvgIpc) is 1.55. The lowest BCUT2D eigenvalue weighted by Gasteiger charge is -2.30. The zero-order valence-electron chi connectivity index (χ0n) is 64.3. The molecule has 0 aliphatic rings. The molecule has 554 valence electrons. The minimum atomic E-state index is 0.797. The van der Waals surface area contributed by atoms with E-state index in [0.717, 1.165) is 211 Å². The molecule has 0 bridgehead atoms. The van der Waals surface area contributed by atoms with Crippen LogP contribution in [-0.2, 0) is 0 Å². The molecule has 6 nitrogen and oxygen atoms in total. The van der Waals surface area contributed by atoms with Crippen molar-refractivity contribution < 1.29 is 8.83 Å². The number of rotatable bonds is 17. The van der Waals surface area contributed by atoms with Crippen molar-refractivity contribution in [2.45, 2.75) is 0 Å². The molecule has 0 N–H and O–H groups in total. The van der Waals surface area contributed by atoms with Crippen LogP contribution >= 0.6 is 0 Å². The smallest absolute Gasteiger partial charge is 0.144 e. The molecule has 2 aromatic heterocycles. The second-order valence-corrected chi connectivity index (χ2v) is 30.2. The summed E-state index contributed by atoms with van der Waals surface area (Å²) in [7, 11) is 0. The van der Waals surface area contributed by atoms with Crippen LogP contribution in [0, 0.1) is 0 Å². The third-order valence-corrected chi connectivity index (χ3v) is 23.3. The molecule has 0 saturated heterocycles. The molecule has 0 aliphatic heterocycles. The third kappa shape index (κ3) is 12.0. The van der Waals surface area contributed by atoms with E-state index in [4.69, 9.17) is 8.83 Å². The summed E-state index contributed by atoms with van der Waals surface area (Å²) in [5, 5.41) is 12.2. The molecule has 0 amide bonds. The fraction of sp³-hybridized carbons (Fsp3) is 0. The van der Waals surface area contributed by atoms with E-state index in [1.54, 1.807) is 0 Å². The average molecular weight is 1510 g/mol. The SMILES string of the molecule is c1ccc(-c2cccc(N(c3ccccc3)c3cc4c5cc(N(c6ccc(-c7cccc8c(N(c9ccccc9)c9ccccc9-c9ccccc9)cc9c%10cc(N(c%11ccccc%11)c%11ccccc%11-c%11ccccc%11)c%11ccccc%11c%10oc9c78)cc6)c6cccc(-c7ccccc7)c6)c6ccccc6c5oc4c4ccccc34)c2)cc1. The Kier molecular flexibility index (Phi) is 17.1. The first kappa shape index (κ1) is 69.0. The molecule has 2 heterocycles. The molecule has 0 saturated carbocycles. The van der Waals surface area contributed by atoms with Crippen LogP contribution in [0.4, 0.5) is 68.2 Å². The van der Waals surface area contributed by atoms with Crippen LogP contribution in [0.3, 0.4) is 0 Å². The van der Waals surface area contributed by atoms with Gasteiger partial charge in [0.2, 0.25) is 0 Å². The predicted octanol–water partition coefficient (Wildman–Crippen LogP) is 32.3. The van der Waals surface area contributed by atoms with E-state index < -0.39 is 0 Å². The van der Waals surface area contributed by atoms with Gasteiger partial charge in [0.25, 0.3) is 0 Å². The lowest BCUT2D eigenvalue weighted by molar-refractivity contribution is 0.676. The van der Waals surface area contributed by atoms with Crippen LogP contribution in [0.1, 0.15) is 0 Å². The molecule has 0 atom stereocenters. The van der Waals surface area contributed by atoms with Crippen molar-refractivity contribution in [3.63, 3.8) is 0 Å². The van der Waals surface area contributed by atoms with Gasteiger partial charge >= 0.3 is 0 Å². The summed E-state index contributed by atoms with van der Waals surface area (Å²) >= 11 is 0. The highest BCUT2D eigenvalue weighted by Crippen LogP contribution is 2.55. The topological polar surface area (TPSA) is 39.2 Å². The van der Waals surface area contributed by atoms with E-state index in [1.807, 2.05) is 0 Å². The number of furan rings is 2. The van der Waals surface area contributed by atoms with Crippen LogP contribution in [0.2, 0.25) is 0 Å². The Morgan fingerprint density at radius 1 is 0.136 bits per heavy atom. The minimum absolute atomic E-state index is 0.797. The number of benzene rings is 20. The molecule has 0 unspecified atom stereocenters. The highest BCUT2D eigenvalue weighted by Gasteiger charge is 2.30. The Bertz CT molecular complexity index is 7540. The van der Waals surface area contributed by atoms with E-state index in [9.17, 15) is 0 Å². The molecule has 0 radical (unpaired) electrons. The van der Waals surface area contributed by atoms with Gasteiger partial charge in [0.05, 0.1) is 34.1 Å². The van der Waals surface area contributed by atoms with Gasteiger partial charge < -0.3 is 28.4 Å². The van der Waals surface area contributed by atoms with Crippen molar-refractivity contribution in [2.24, 2.45) is 0 Å². The second-order valence-electron chi connectivity index (χ2n) is 30.2. The Morgan fingerprint density at radius 2 is 0.398 bits per heavy atom. The standard InChI is InChI=1S/C112H74N4O2/c1-8-35-75(36-9-1)80-43-32-51-86(69-80)113(82-45-16-5-17-46-82)104-71-98-99-72-105(92-56-23-26-59-95(92)110(99)117-109(98)94-58-25-22-55-91(94)104)114(87-52-33-44-81(70-87)76-37-10-2-11-38-76)85-67-65-79(66-68-85)90-61-34-62-97-107(116(84-49-20-7-21-50-84)103-64-31-29-54-89(103)78-41-14-4-15-42-78)74-101-100-73-106(93-57-24-27-60-96(93)111(100)118-112(101)108(90)97)115(83-47-18-6-19-48-83)102-63-30-28-53-88(102)77-39-12-3-13-40-77/h1-74H. The maximum absolute atomic E-state index is 7.80. The summed E-state index contributed by atoms with van der Waals surface area (Å²) in [6.45, 7) is 0. The summed E-state index contributed by atoms with van der Waals surface area (Å²) in [6, 6.07) is 162. The minimum Gasteiger partial charge on any atom is -0.455 e. The van der Waals surface area contributed by atoms with Gasteiger partial charge in [-0.25, -0.2) is 0 Å². The van der Waals surface area contributed by atoms with E-state index in [-0.39, 0.29) is 0 Å². The number of hydrogen-bond acceptors (Lipinski definition) is 6. The number of anilines is 12. The Balaban J connectivity index is 0.780. The molecule has 0 aliphatic carbocycles. The Hall–Kier alpha value is -15.8. The van der Waals surface area contributed by atoms with E-state index in [2.05, 4.69) is 469 Å². The first-order chi connectivity index (χ1) is 58.6. The van der Waals surface area contributed by atoms with Crippen LogP contribution in [-0.4, -0.2) is 0 Å². The van der Waals surface area contributed by atoms with Crippen molar-refractivity contribution in [3.8, 4) is 55.6 Å². The monoisotopic (exact) mass is 1510 g/mol. The van der Waals surface area contributed by atoms with Gasteiger partial charge in [-0.05, 0) is 154 Å². The maximum atomic E-state index is 7.80. The summed E-state index contributed by atoms with van der Waals surface area (Å²) in [4.78, 5) is 9.76. The zero-order valence-corrected chi connectivity index (χ0v) is 64.3. The molecule has 6 heteroatoms. The van der Waals surface area contributed by atoms with E-state index in [0.29, 0.717) is 0 Å². The van der Waals surface area contributed by atoms with Crippen LogP contribution in [0.25, 0.3) is 143 Å². The first-order valence-electron chi connectivity index (χ1n) is 40.3. The highest BCUT2D eigenvalue weighted by molar-refractivity contribution is 6.29. The van der Waals surface area contributed by atoms with Gasteiger partial charge in [0.1, 0.15) is 22.3 Å². The van der Waals surface area contributed by atoms with Gasteiger partial charge in [-0.3, -0.25) is 0 Å². The normalized spacial score (nSPS) is 11.6. The number of hydrogen-bond donors (Lipinski definition) is 0. The van der Waals surface area contributed by atoms with Crippen molar-refractivity contribution >= 4 is 155 Å². The maximum Gasteiger partial charge on any atom is 0.144 e. The third-order valence-electron chi connectivity index (χ3n) is 23.3. The van der Waals surface area contributed by atoms with Gasteiger partial charge in [-0.1, -0.05) is 340 Å². The summed E-state index contributed by atoms with van der Waals surface area (Å²) in [6.07, 6.45) is 0.